The molecule has 0 aliphatic heterocycles. The van der Waals surface area contributed by atoms with Crippen LogP contribution < -0.4 is 10.6 Å². The zero-order valence-corrected chi connectivity index (χ0v) is 11.2. The SMILES string of the molecule is CNCC(C)CNc1nccn2nc(C(F)(F)F)cc12. The fourth-order valence-electron chi connectivity index (χ4n) is 1.89. The van der Waals surface area contributed by atoms with Gasteiger partial charge in [-0.1, -0.05) is 6.92 Å². The zero-order chi connectivity index (χ0) is 14.8. The van der Waals surface area contributed by atoms with Gasteiger partial charge in [0.05, 0.1) is 0 Å². The highest BCUT2D eigenvalue weighted by molar-refractivity contribution is 5.67. The molecule has 2 N–H and O–H groups in total. The summed E-state index contributed by atoms with van der Waals surface area (Å²) >= 11 is 0. The van der Waals surface area contributed by atoms with Crippen LogP contribution in [-0.4, -0.2) is 34.7 Å². The smallest absolute Gasteiger partial charge is 0.368 e. The highest BCUT2D eigenvalue weighted by atomic mass is 19.4. The second kappa shape index (κ2) is 5.66. The quantitative estimate of drug-likeness (QED) is 0.883. The first kappa shape index (κ1) is 14.6. The lowest BCUT2D eigenvalue weighted by molar-refractivity contribution is -0.141. The first-order chi connectivity index (χ1) is 9.41. The summed E-state index contributed by atoms with van der Waals surface area (Å²) in [6.07, 6.45) is -1.64. The van der Waals surface area contributed by atoms with Gasteiger partial charge in [-0.2, -0.15) is 18.3 Å². The molecule has 0 saturated carbocycles. The molecule has 20 heavy (non-hydrogen) atoms. The van der Waals surface area contributed by atoms with Crippen LogP contribution in [-0.2, 0) is 6.18 Å². The summed E-state index contributed by atoms with van der Waals surface area (Å²) in [5.41, 5.74) is -0.603. The van der Waals surface area contributed by atoms with Gasteiger partial charge < -0.3 is 10.6 Å². The minimum Gasteiger partial charge on any atom is -0.368 e. The first-order valence-corrected chi connectivity index (χ1v) is 6.22. The molecule has 2 rings (SSSR count). The molecule has 0 aromatic carbocycles. The molecule has 2 heterocycles. The molecule has 0 aliphatic rings. The molecule has 0 saturated heterocycles. The number of anilines is 1. The van der Waals surface area contributed by atoms with Crippen molar-refractivity contribution in [2.75, 3.05) is 25.5 Å². The predicted octanol–water partition coefficient (Wildman–Crippen LogP) is 2.02. The topological polar surface area (TPSA) is 54.2 Å². The summed E-state index contributed by atoms with van der Waals surface area (Å²) < 4.78 is 39.1. The van der Waals surface area contributed by atoms with Gasteiger partial charge >= 0.3 is 6.18 Å². The van der Waals surface area contributed by atoms with E-state index in [4.69, 9.17) is 0 Å². The minimum absolute atomic E-state index is 0.316. The molecule has 5 nitrogen and oxygen atoms in total. The van der Waals surface area contributed by atoms with Crippen molar-refractivity contribution in [3.05, 3.63) is 24.2 Å². The number of fused-ring (bicyclic) bond motifs is 1. The highest BCUT2D eigenvalue weighted by Gasteiger charge is 2.34. The van der Waals surface area contributed by atoms with E-state index in [1.54, 1.807) is 0 Å². The average Bonchev–Trinajstić information content (AvgIpc) is 2.81. The predicted molar refractivity (Wildman–Crippen MR) is 69.6 cm³/mol. The number of nitrogens with one attached hydrogen (secondary N) is 2. The molecular weight excluding hydrogens is 271 g/mol. The van der Waals surface area contributed by atoms with Crippen LogP contribution in [0.25, 0.3) is 5.52 Å². The van der Waals surface area contributed by atoms with Gasteiger partial charge in [0.25, 0.3) is 0 Å². The average molecular weight is 287 g/mol. The van der Waals surface area contributed by atoms with Gasteiger partial charge in [0.2, 0.25) is 0 Å². The van der Waals surface area contributed by atoms with Gasteiger partial charge in [0.1, 0.15) is 5.52 Å². The van der Waals surface area contributed by atoms with E-state index in [0.29, 0.717) is 23.8 Å². The third-order valence-corrected chi connectivity index (χ3v) is 2.85. The van der Waals surface area contributed by atoms with Crippen molar-refractivity contribution in [1.82, 2.24) is 19.9 Å². The summed E-state index contributed by atoms with van der Waals surface area (Å²) in [7, 11) is 1.85. The lowest BCUT2D eigenvalue weighted by Gasteiger charge is -2.12. The molecule has 1 atom stereocenters. The summed E-state index contributed by atoms with van der Waals surface area (Å²) in [6.45, 7) is 3.45. The lowest BCUT2D eigenvalue weighted by Crippen LogP contribution is -2.23. The Morgan fingerprint density at radius 2 is 2.10 bits per heavy atom. The Bertz CT molecular complexity index is 578. The molecule has 2 aromatic heterocycles. The van der Waals surface area contributed by atoms with Crippen molar-refractivity contribution in [2.24, 2.45) is 5.92 Å². The van der Waals surface area contributed by atoms with E-state index in [-0.39, 0.29) is 0 Å². The Labute approximate surface area is 114 Å². The third kappa shape index (κ3) is 3.19. The van der Waals surface area contributed by atoms with Crippen LogP contribution in [0.15, 0.2) is 18.5 Å². The zero-order valence-electron chi connectivity index (χ0n) is 11.2. The maximum absolute atomic E-state index is 12.6. The van der Waals surface area contributed by atoms with Gasteiger partial charge in [-0.3, -0.25) is 0 Å². The molecule has 0 bridgehead atoms. The van der Waals surface area contributed by atoms with Crippen molar-refractivity contribution in [1.29, 1.82) is 0 Å². The van der Waals surface area contributed by atoms with E-state index in [2.05, 4.69) is 20.7 Å². The molecule has 0 amide bonds. The van der Waals surface area contributed by atoms with Crippen molar-refractivity contribution >= 4 is 11.3 Å². The largest absolute Gasteiger partial charge is 0.435 e. The first-order valence-electron chi connectivity index (χ1n) is 6.22. The van der Waals surface area contributed by atoms with Crippen LogP contribution in [0.4, 0.5) is 19.0 Å². The monoisotopic (exact) mass is 287 g/mol. The fraction of sp³-hybridized carbons (Fsp3) is 0.500. The van der Waals surface area contributed by atoms with Crippen molar-refractivity contribution in [3.8, 4) is 0 Å². The lowest BCUT2D eigenvalue weighted by atomic mass is 10.2. The van der Waals surface area contributed by atoms with Crippen LogP contribution in [0.2, 0.25) is 0 Å². The van der Waals surface area contributed by atoms with E-state index in [1.807, 2.05) is 14.0 Å². The third-order valence-electron chi connectivity index (χ3n) is 2.85. The van der Waals surface area contributed by atoms with Crippen LogP contribution in [0.5, 0.6) is 0 Å². The van der Waals surface area contributed by atoms with E-state index < -0.39 is 11.9 Å². The minimum atomic E-state index is -4.46. The number of aromatic nitrogens is 3. The number of halogens is 3. The van der Waals surface area contributed by atoms with Crippen molar-refractivity contribution in [2.45, 2.75) is 13.1 Å². The molecule has 0 aliphatic carbocycles. The van der Waals surface area contributed by atoms with E-state index >= 15 is 0 Å². The van der Waals surface area contributed by atoms with Gasteiger partial charge in [0.15, 0.2) is 11.5 Å². The summed E-state index contributed by atoms with van der Waals surface area (Å²) in [6, 6.07) is 0.998. The summed E-state index contributed by atoms with van der Waals surface area (Å²) in [5.74, 6) is 0.727. The number of rotatable bonds is 5. The Hall–Kier alpha value is -1.83. The number of hydrogen-bond donors (Lipinski definition) is 2. The molecule has 0 radical (unpaired) electrons. The summed E-state index contributed by atoms with van der Waals surface area (Å²) in [4.78, 5) is 4.07. The standard InChI is InChI=1S/C12H16F3N5/c1-8(6-16-2)7-18-11-9-5-10(12(13,14)15)19-20(9)4-3-17-11/h3-5,8,16H,6-7H2,1-2H3,(H,17,18). The molecule has 1 unspecified atom stereocenters. The van der Waals surface area contributed by atoms with Crippen molar-refractivity contribution in [3.63, 3.8) is 0 Å². The molecule has 0 spiro atoms. The van der Waals surface area contributed by atoms with Crippen molar-refractivity contribution < 1.29 is 13.2 Å². The van der Waals surface area contributed by atoms with E-state index in [1.165, 1.54) is 16.9 Å². The Balaban J connectivity index is 2.23. The Morgan fingerprint density at radius 1 is 1.35 bits per heavy atom. The second-order valence-corrected chi connectivity index (χ2v) is 4.68. The normalized spacial score (nSPS) is 13.7. The van der Waals surface area contributed by atoms with Gasteiger partial charge in [-0.05, 0) is 19.5 Å². The van der Waals surface area contributed by atoms with Crippen LogP contribution in [0.3, 0.4) is 0 Å². The highest BCUT2D eigenvalue weighted by Crippen LogP contribution is 2.29. The number of nitrogens with zero attached hydrogens (tertiary/aromatic N) is 3. The Morgan fingerprint density at radius 3 is 2.75 bits per heavy atom. The fourth-order valence-corrected chi connectivity index (χ4v) is 1.89. The molecule has 2 aromatic rings. The Kier molecular flexibility index (Phi) is 4.12. The maximum Gasteiger partial charge on any atom is 0.435 e. The van der Waals surface area contributed by atoms with Gasteiger partial charge in [0, 0.05) is 25.0 Å². The van der Waals surface area contributed by atoms with E-state index in [0.717, 1.165) is 12.6 Å². The maximum atomic E-state index is 12.6. The molecular formula is C12H16F3N5. The van der Waals surface area contributed by atoms with Gasteiger partial charge in [-0.15, -0.1) is 0 Å². The molecule has 8 heteroatoms. The number of alkyl halides is 3. The second-order valence-electron chi connectivity index (χ2n) is 4.68. The van der Waals surface area contributed by atoms with E-state index in [9.17, 15) is 13.2 Å². The number of hydrogen-bond acceptors (Lipinski definition) is 4. The summed E-state index contributed by atoms with van der Waals surface area (Å²) in [5, 5.41) is 9.60. The molecule has 110 valence electrons. The molecule has 0 fully saturated rings. The van der Waals surface area contributed by atoms with Gasteiger partial charge in [-0.25, -0.2) is 9.50 Å². The van der Waals surface area contributed by atoms with Crippen LogP contribution in [0, 0.1) is 5.92 Å². The van der Waals surface area contributed by atoms with Crippen LogP contribution in [0.1, 0.15) is 12.6 Å². The van der Waals surface area contributed by atoms with Crippen LogP contribution >= 0.6 is 0 Å².